The van der Waals surface area contributed by atoms with Crippen molar-refractivity contribution in [3.05, 3.63) is 53.9 Å². The Morgan fingerprint density at radius 3 is 2.62 bits per heavy atom. The molecule has 0 aliphatic heterocycles. The summed E-state index contributed by atoms with van der Waals surface area (Å²) < 4.78 is 5.44. The smallest absolute Gasteiger partial charge is 0.335 e. The number of carbonyl (C=O) groups is 1. The molecule has 1 aromatic carbocycles. The highest BCUT2D eigenvalue weighted by Crippen LogP contribution is 2.13. The summed E-state index contributed by atoms with van der Waals surface area (Å²) in [7, 11) is 0. The maximum atomic E-state index is 10.9. The molecule has 0 fully saturated rings. The number of nitrogen functional groups attached to an aromatic ring is 1. The fourth-order valence-electron chi connectivity index (χ4n) is 1.59. The number of anilines is 1. The van der Waals surface area contributed by atoms with E-state index < -0.39 is 5.97 Å². The van der Waals surface area contributed by atoms with Crippen molar-refractivity contribution < 1.29 is 19.8 Å². The summed E-state index contributed by atoms with van der Waals surface area (Å²) in [6.45, 7) is -0.0590. The van der Waals surface area contributed by atoms with Gasteiger partial charge in [0.15, 0.2) is 0 Å². The van der Waals surface area contributed by atoms with Gasteiger partial charge in [0.1, 0.15) is 18.1 Å². The Balaban J connectivity index is 2.11. The number of hydrogen-bond acceptors (Lipinski definition) is 6. The molecule has 0 aliphatic carbocycles. The molecule has 4 N–H and O–H groups in total. The summed E-state index contributed by atoms with van der Waals surface area (Å²) in [5.41, 5.74) is 6.57. The van der Waals surface area contributed by atoms with Gasteiger partial charge in [0.2, 0.25) is 0 Å². The lowest BCUT2D eigenvalue weighted by atomic mass is 10.2. The molecule has 108 valence electrons. The Labute approximate surface area is 120 Å². The van der Waals surface area contributed by atoms with Crippen molar-refractivity contribution in [1.29, 1.82) is 0 Å². The zero-order valence-corrected chi connectivity index (χ0v) is 10.9. The van der Waals surface area contributed by atoms with Crippen LogP contribution in [0.1, 0.15) is 16.1 Å². The second-order valence-electron chi connectivity index (χ2n) is 4.14. The highest BCUT2D eigenvalue weighted by atomic mass is 16.5. The van der Waals surface area contributed by atoms with Gasteiger partial charge in [-0.15, -0.1) is 0 Å². The fourth-order valence-corrected chi connectivity index (χ4v) is 1.59. The van der Waals surface area contributed by atoms with Crippen LogP contribution in [0.3, 0.4) is 0 Å². The number of oxime groups is 1. The summed E-state index contributed by atoms with van der Waals surface area (Å²) >= 11 is 0. The molecule has 2 rings (SSSR count). The third kappa shape index (κ3) is 3.69. The zero-order valence-electron chi connectivity index (χ0n) is 10.9. The van der Waals surface area contributed by atoms with Crippen LogP contribution in [0.15, 0.2) is 47.8 Å². The zero-order chi connectivity index (χ0) is 15.2. The van der Waals surface area contributed by atoms with Crippen molar-refractivity contribution in [2.24, 2.45) is 5.16 Å². The maximum absolute atomic E-state index is 10.9. The predicted molar refractivity (Wildman–Crippen MR) is 75.9 cm³/mol. The van der Waals surface area contributed by atoms with Crippen LogP contribution in [0.5, 0.6) is 5.75 Å². The van der Waals surface area contributed by atoms with Gasteiger partial charge in [-0.1, -0.05) is 5.16 Å². The van der Waals surface area contributed by atoms with Crippen molar-refractivity contribution >= 4 is 17.4 Å². The summed E-state index contributed by atoms with van der Waals surface area (Å²) in [5, 5.41) is 21.1. The quantitative estimate of drug-likeness (QED) is 0.333. The number of nitrogens with zero attached hydrogens (tertiary/aromatic N) is 2. The molecule has 0 unspecified atom stereocenters. The Hall–Kier alpha value is -3.09. The Morgan fingerprint density at radius 2 is 2.00 bits per heavy atom. The molecule has 2 aromatic rings. The Morgan fingerprint density at radius 1 is 1.29 bits per heavy atom. The van der Waals surface area contributed by atoms with E-state index in [9.17, 15) is 4.79 Å². The molecule has 1 heterocycles. The van der Waals surface area contributed by atoms with E-state index in [2.05, 4.69) is 10.1 Å². The minimum atomic E-state index is -1.09. The van der Waals surface area contributed by atoms with E-state index in [1.165, 1.54) is 18.3 Å². The number of aromatic nitrogens is 1. The van der Waals surface area contributed by atoms with E-state index in [-0.39, 0.29) is 23.6 Å². The summed E-state index contributed by atoms with van der Waals surface area (Å²) in [6.07, 6.45) is 1.33. The van der Waals surface area contributed by atoms with E-state index >= 15 is 0 Å². The van der Waals surface area contributed by atoms with Crippen molar-refractivity contribution in [3.63, 3.8) is 0 Å². The predicted octanol–water partition coefficient (Wildman–Crippen LogP) is 1.62. The molecule has 0 saturated heterocycles. The molecule has 21 heavy (non-hydrogen) atoms. The molecule has 0 bridgehead atoms. The van der Waals surface area contributed by atoms with Gasteiger partial charge in [0, 0.05) is 11.9 Å². The van der Waals surface area contributed by atoms with Gasteiger partial charge in [-0.25, -0.2) is 4.79 Å². The maximum Gasteiger partial charge on any atom is 0.335 e. The monoisotopic (exact) mass is 287 g/mol. The highest BCUT2D eigenvalue weighted by Gasteiger charge is 2.11. The van der Waals surface area contributed by atoms with Crippen LogP contribution in [-0.4, -0.2) is 33.6 Å². The minimum Gasteiger partial charge on any atom is -0.487 e. The summed E-state index contributed by atoms with van der Waals surface area (Å²) in [6, 6.07) is 9.35. The number of benzene rings is 1. The summed E-state index contributed by atoms with van der Waals surface area (Å²) in [4.78, 5) is 14.9. The first kappa shape index (κ1) is 14.3. The standard InChI is InChI=1S/C14H13N3O4/c15-10-1-3-11(4-2-10)21-8-13(17-20)12-7-9(14(18)19)5-6-16-12/h1-7,20H,8,15H2,(H,18,19)/b17-13+. The van der Waals surface area contributed by atoms with Crippen LogP contribution in [0.2, 0.25) is 0 Å². The van der Waals surface area contributed by atoms with E-state index in [0.717, 1.165) is 0 Å². The number of rotatable bonds is 5. The van der Waals surface area contributed by atoms with E-state index in [4.69, 9.17) is 20.8 Å². The normalized spacial score (nSPS) is 11.1. The number of nitrogens with two attached hydrogens (primary N) is 1. The summed E-state index contributed by atoms with van der Waals surface area (Å²) in [5.74, 6) is -0.546. The van der Waals surface area contributed by atoms with Gasteiger partial charge >= 0.3 is 5.97 Å². The van der Waals surface area contributed by atoms with Crippen molar-refractivity contribution in [3.8, 4) is 5.75 Å². The van der Waals surface area contributed by atoms with Crippen molar-refractivity contribution in [2.45, 2.75) is 0 Å². The Bertz CT molecular complexity index is 668. The molecule has 0 saturated carbocycles. The van der Waals surface area contributed by atoms with Gasteiger partial charge in [-0.2, -0.15) is 0 Å². The fraction of sp³-hybridized carbons (Fsp3) is 0.0714. The topological polar surface area (TPSA) is 118 Å². The van der Waals surface area contributed by atoms with Crippen LogP contribution in [0.4, 0.5) is 5.69 Å². The second-order valence-corrected chi connectivity index (χ2v) is 4.14. The van der Waals surface area contributed by atoms with Crippen LogP contribution >= 0.6 is 0 Å². The third-order valence-corrected chi connectivity index (χ3v) is 2.68. The van der Waals surface area contributed by atoms with Gasteiger partial charge in [-0.05, 0) is 36.4 Å². The van der Waals surface area contributed by atoms with E-state index in [1.807, 2.05) is 0 Å². The van der Waals surface area contributed by atoms with Crippen LogP contribution in [-0.2, 0) is 0 Å². The van der Waals surface area contributed by atoms with Crippen molar-refractivity contribution in [2.75, 3.05) is 12.3 Å². The molecular formula is C14H13N3O4. The van der Waals surface area contributed by atoms with Gasteiger partial charge in [-0.3, -0.25) is 4.98 Å². The molecule has 1 aromatic heterocycles. The SMILES string of the molecule is Nc1ccc(OC/C(=N\O)c2cc(C(=O)O)ccn2)cc1. The van der Waals surface area contributed by atoms with Gasteiger partial charge in [0.05, 0.1) is 11.3 Å². The van der Waals surface area contributed by atoms with Crippen LogP contribution in [0.25, 0.3) is 0 Å². The molecule has 0 radical (unpaired) electrons. The first-order valence-electron chi connectivity index (χ1n) is 5.99. The lowest BCUT2D eigenvalue weighted by Crippen LogP contribution is -2.15. The van der Waals surface area contributed by atoms with Crippen molar-refractivity contribution in [1.82, 2.24) is 4.98 Å². The average molecular weight is 287 g/mol. The lowest BCUT2D eigenvalue weighted by molar-refractivity contribution is 0.0696. The van der Waals surface area contributed by atoms with Crippen LogP contribution < -0.4 is 10.5 Å². The van der Waals surface area contributed by atoms with Gasteiger partial charge < -0.3 is 20.8 Å². The molecule has 0 spiro atoms. The third-order valence-electron chi connectivity index (χ3n) is 2.68. The van der Waals surface area contributed by atoms with E-state index in [0.29, 0.717) is 11.4 Å². The number of hydrogen-bond donors (Lipinski definition) is 3. The molecule has 7 nitrogen and oxygen atoms in total. The van der Waals surface area contributed by atoms with Crippen LogP contribution in [0, 0.1) is 0 Å². The second kappa shape index (κ2) is 6.38. The number of ether oxygens (including phenoxy) is 1. The number of carboxylic acids is 1. The molecule has 7 heteroatoms. The molecule has 0 amide bonds. The Kier molecular flexibility index (Phi) is 4.35. The highest BCUT2D eigenvalue weighted by molar-refractivity contribution is 6.01. The minimum absolute atomic E-state index is 0.0497. The number of aromatic carboxylic acids is 1. The molecule has 0 atom stereocenters. The van der Waals surface area contributed by atoms with Gasteiger partial charge in [0.25, 0.3) is 0 Å². The largest absolute Gasteiger partial charge is 0.487 e. The average Bonchev–Trinajstić information content (AvgIpc) is 2.50. The first-order chi connectivity index (χ1) is 10.1. The molecular weight excluding hydrogens is 274 g/mol. The molecule has 0 aliphatic rings. The lowest BCUT2D eigenvalue weighted by Gasteiger charge is -2.08. The number of pyridine rings is 1. The first-order valence-corrected chi connectivity index (χ1v) is 5.99. The number of carboxylic acid groups (broad SMARTS) is 1. The van der Waals surface area contributed by atoms with E-state index in [1.54, 1.807) is 24.3 Å².